The SMILES string of the molecule is CCCNC(=O)NC(=O)CN1C(=O)CS/C1=C\C(=O)C(C)(C)C. The van der Waals surface area contributed by atoms with E-state index in [1.54, 1.807) is 20.8 Å². The summed E-state index contributed by atoms with van der Waals surface area (Å²) in [6.45, 7) is 7.41. The zero-order valence-corrected chi connectivity index (χ0v) is 14.7. The number of imide groups is 1. The maximum atomic E-state index is 12.1. The number of urea groups is 1. The molecule has 1 aliphatic rings. The highest BCUT2D eigenvalue weighted by atomic mass is 32.2. The van der Waals surface area contributed by atoms with Gasteiger partial charge in [0, 0.05) is 18.0 Å². The van der Waals surface area contributed by atoms with Crippen LogP contribution in [0.5, 0.6) is 0 Å². The van der Waals surface area contributed by atoms with Crippen LogP contribution >= 0.6 is 11.8 Å². The number of amides is 4. The van der Waals surface area contributed by atoms with Crippen molar-refractivity contribution in [1.82, 2.24) is 15.5 Å². The molecule has 0 aliphatic carbocycles. The molecule has 0 radical (unpaired) electrons. The number of hydrogen-bond donors (Lipinski definition) is 2. The Kier molecular flexibility index (Phi) is 6.80. The first-order chi connectivity index (χ1) is 10.6. The number of nitrogens with zero attached hydrogens (tertiary/aromatic N) is 1. The first kappa shape index (κ1) is 19.2. The number of allylic oxidation sites excluding steroid dienone is 1. The van der Waals surface area contributed by atoms with Gasteiger partial charge in [-0.3, -0.25) is 24.6 Å². The molecule has 0 atom stereocenters. The third-order valence-electron chi connectivity index (χ3n) is 2.99. The largest absolute Gasteiger partial charge is 0.338 e. The quantitative estimate of drug-likeness (QED) is 0.734. The van der Waals surface area contributed by atoms with Gasteiger partial charge in [0.1, 0.15) is 6.54 Å². The molecule has 8 heteroatoms. The van der Waals surface area contributed by atoms with Crippen molar-refractivity contribution in [3.8, 4) is 0 Å². The summed E-state index contributed by atoms with van der Waals surface area (Å²) in [5.41, 5.74) is -0.562. The molecule has 4 amide bonds. The second-order valence-electron chi connectivity index (χ2n) is 6.17. The van der Waals surface area contributed by atoms with E-state index in [9.17, 15) is 19.2 Å². The minimum absolute atomic E-state index is 0.124. The Hall–Kier alpha value is -1.83. The standard InChI is InChI=1S/C15H23N3O4S/c1-5-6-16-14(22)17-11(20)8-18-12(21)9-23-13(18)7-10(19)15(2,3)4/h7H,5-6,8-9H2,1-4H3,(H2,16,17,20,22)/b13-7-. The normalized spacial score (nSPS) is 16.6. The van der Waals surface area contributed by atoms with Crippen LogP contribution in [0, 0.1) is 5.41 Å². The summed E-state index contributed by atoms with van der Waals surface area (Å²) in [5, 5.41) is 5.12. The molecule has 1 heterocycles. The number of ketones is 1. The molecule has 0 bridgehead atoms. The molecule has 2 N–H and O–H groups in total. The summed E-state index contributed by atoms with van der Waals surface area (Å²) in [7, 11) is 0. The van der Waals surface area contributed by atoms with Crippen LogP contribution in [0.25, 0.3) is 0 Å². The van der Waals surface area contributed by atoms with E-state index in [0.717, 1.165) is 6.42 Å². The van der Waals surface area contributed by atoms with Crippen LogP contribution in [0.1, 0.15) is 34.1 Å². The molecule has 1 rings (SSSR count). The molecule has 0 aromatic rings. The molecular formula is C15H23N3O4S. The first-order valence-electron chi connectivity index (χ1n) is 7.42. The van der Waals surface area contributed by atoms with Crippen molar-refractivity contribution in [2.24, 2.45) is 5.41 Å². The lowest BCUT2D eigenvalue weighted by Gasteiger charge is -2.18. The van der Waals surface area contributed by atoms with E-state index >= 15 is 0 Å². The van der Waals surface area contributed by atoms with Gasteiger partial charge in [-0.2, -0.15) is 0 Å². The van der Waals surface area contributed by atoms with Crippen molar-refractivity contribution in [2.45, 2.75) is 34.1 Å². The van der Waals surface area contributed by atoms with E-state index in [0.29, 0.717) is 11.6 Å². The number of rotatable bonds is 5. The van der Waals surface area contributed by atoms with Crippen molar-refractivity contribution >= 4 is 35.4 Å². The number of carbonyl (C=O) groups is 4. The molecule has 0 saturated carbocycles. The Morgan fingerprint density at radius 1 is 1.30 bits per heavy atom. The summed E-state index contributed by atoms with van der Waals surface area (Å²) in [6, 6.07) is -0.590. The molecule has 23 heavy (non-hydrogen) atoms. The number of carbonyl (C=O) groups excluding carboxylic acids is 4. The van der Waals surface area contributed by atoms with Gasteiger partial charge < -0.3 is 5.32 Å². The Morgan fingerprint density at radius 2 is 1.96 bits per heavy atom. The fourth-order valence-corrected chi connectivity index (χ4v) is 2.56. The van der Waals surface area contributed by atoms with Gasteiger partial charge in [-0.25, -0.2) is 4.79 Å². The van der Waals surface area contributed by atoms with Crippen LogP contribution in [0.15, 0.2) is 11.1 Å². The zero-order valence-electron chi connectivity index (χ0n) is 13.9. The van der Waals surface area contributed by atoms with Crippen LogP contribution in [-0.2, 0) is 14.4 Å². The average Bonchev–Trinajstić information content (AvgIpc) is 2.76. The summed E-state index contributed by atoms with van der Waals surface area (Å²) in [4.78, 5) is 48.5. The predicted molar refractivity (Wildman–Crippen MR) is 88.5 cm³/mol. The highest BCUT2D eigenvalue weighted by Crippen LogP contribution is 2.30. The van der Waals surface area contributed by atoms with E-state index in [4.69, 9.17) is 0 Å². The Bertz CT molecular complexity index is 537. The highest BCUT2D eigenvalue weighted by Gasteiger charge is 2.31. The number of nitrogens with one attached hydrogen (secondary N) is 2. The summed E-state index contributed by atoms with van der Waals surface area (Å²) in [6.07, 6.45) is 2.14. The molecule has 1 fully saturated rings. The van der Waals surface area contributed by atoms with Gasteiger partial charge in [0.05, 0.1) is 10.8 Å². The van der Waals surface area contributed by atoms with Crippen LogP contribution in [0.2, 0.25) is 0 Å². The molecule has 1 saturated heterocycles. The molecule has 7 nitrogen and oxygen atoms in total. The molecular weight excluding hydrogens is 318 g/mol. The van der Waals surface area contributed by atoms with Gasteiger partial charge in [0.15, 0.2) is 5.78 Å². The van der Waals surface area contributed by atoms with Crippen molar-refractivity contribution in [3.63, 3.8) is 0 Å². The lowest BCUT2D eigenvalue weighted by Crippen LogP contribution is -2.44. The third-order valence-corrected chi connectivity index (χ3v) is 4.02. The minimum atomic E-state index is -0.594. The predicted octanol–water partition coefficient (Wildman–Crippen LogP) is 1.25. The number of thioether (sulfide) groups is 1. The maximum absolute atomic E-state index is 12.1. The summed E-state index contributed by atoms with van der Waals surface area (Å²) >= 11 is 1.21. The topological polar surface area (TPSA) is 95.6 Å². The van der Waals surface area contributed by atoms with Crippen molar-refractivity contribution < 1.29 is 19.2 Å². The molecule has 0 spiro atoms. The lowest BCUT2D eigenvalue weighted by atomic mass is 9.91. The van der Waals surface area contributed by atoms with Crippen LogP contribution < -0.4 is 10.6 Å². The monoisotopic (exact) mass is 341 g/mol. The Balaban J connectivity index is 2.70. The molecule has 1 aliphatic heterocycles. The van der Waals surface area contributed by atoms with Crippen molar-refractivity contribution in [2.75, 3.05) is 18.8 Å². The smallest absolute Gasteiger partial charge is 0.321 e. The van der Waals surface area contributed by atoms with E-state index < -0.39 is 17.4 Å². The third kappa shape index (κ3) is 6.05. The van der Waals surface area contributed by atoms with Crippen molar-refractivity contribution in [1.29, 1.82) is 0 Å². The van der Waals surface area contributed by atoms with Gasteiger partial charge in [0.2, 0.25) is 11.8 Å². The molecule has 0 unspecified atom stereocenters. The van der Waals surface area contributed by atoms with Crippen LogP contribution in [0.4, 0.5) is 4.79 Å². The zero-order chi connectivity index (χ0) is 17.6. The van der Waals surface area contributed by atoms with E-state index in [2.05, 4.69) is 10.6 Å². The minimum Gasteiger partial charge on any atom is -0.338 e. The van der Waals surface area contributed by atoms with Crippen LogP contribution in [-0.4, -0.2) is 47.4 Å². The van der Waals surface area contributed by atoms with Gasteiger partial charge in [-0.05, 0) is 6.42 Å². The molecule has 0 aromatic heterocycles. The maximum Gasteiger partial charge on any atom is 0.321 e. The molecule has 128 valence electrons. The second kappa shape index (κ2) is 8.14. The highest BCUT2D eigenvalue weighted by molar-refractivity contribution is 8.04. The molecule has 0 aromatic carbocycles. The lowest BCUT2D eigenvalue weighted by molar-refractivity contribution is -0.130. The Morgan fingerprint density at radius 3 is 2.52 bits per heavy atom. The number of hydrogen-bond acceptors (Lipinski definition) is 5. The average molecular weight is 341 g/mol. The van der Waals surface area contributed by atoms with Crippen LogP contribution in [0.3, 0.4) is 0 Å². The van der Waals surface area contributed by atoms with Crippen molar-refractivity contribution in [3.05, 3.63) is 11.1 Å². The Labute approximate surface area is 140 Å². The van der Waals surface area contributed by atoms with Gasteiger partial charge in [-0.15, -0.1) is 0 Å². The van der Waals surface area contributed by atoms with E-state index in [1.165, 1.54) is 22.7 Å². The van der Waals surface area contributed by atoms with Gasteiger partial charge in [-0.1, -0.05) is 39.5 Å². The van der Waals surface area contributed by atoms with Gasteiger partial charge >= 0.3 is 6.03 Å². The summed E-state index contributed by atoms with van der Waals surface area (Å²) in [5.74, 6) is -0.796. The fraction of sp³-hybridized carbons (Fsp3) is 0.600. The fourth-order valence-electron chi connectivity index (χ4n) is 1.62. The summed E-state index contributed by atoms with van der Waals surface area (Å²) < 4.78 is 0. The van der Waals surface area contributed by atoms with E-state index in [-0.39, 0.29) is 24.0 Å². The first-order valence-corrected chi connectivity index (χ1v) is 8.40. The second-order valence-corrected chi connectivity index (χ2v) is 7.17. The van der Waals surface area contributed by atoms with Gasteiger partial charge in [0.25, 0.3) is 0 Å². The van der Waals surface area contributed by atoms with E-state index in [1.807, 2.05) is 6.92 Å².